The lowest BCUT2D eigenvalue weighted by atomic mass is 9.87. The molecule has 0 atom stereocenters. The molecular formula is C11H16S. The smallest absolute Gasteiger partial charge is 0.0106 e. The lowest BCUT2D eigenvalue weighted by molar-refractivity contribution is 0.578. The van der Waals surface area contributed by atoms with Gasteiger partial charge in [-0.05, 0) is 23.3 Å². The molecule has 0 spiro atoms. The van der Waals surface area contributed by atoms with Gasteiger partial charge in [-0.1, -0.05) is 39.0 Å². The molecule has 12 heavy (non-hydrogen) atoms. The maximum Gasteiger partial charge on any atom is 0.0106 e. The topological polar surface area (TPSA) is 0 Å². The van der Waals surface area contributed by atoms with E-state index in [2.05, 4.69) is 51.3 Å². The molecule has 0 aromatic heterocycles. The molecule has 0 saturated carbocycles. The summed E-state index contributed by atoms with van der Waals surface area (Å²) in [6, 6.07) is 8.61. The van der Waals surface area contributed by atoms with Crippen LogP contribution >= 0.6 is 11.8 Å². The molecule has 0 aliphatic rings. The van der Waals surface area contributed by atoms with Crippen molar-refractivity contribution in [2.24, 2.45) is 0 Å². The summed E-state index contributed by atoms with van der Waals surface area (Å²) < 4.78 is 0. The third-order valence-electron chi connectivity index (χ3n) is 1.91. The van der Waals surface area contributed by atoms with Gasteiger partial charge in [0, 0.05) is 4.90 Å². The predicted molar refractivity (Wildman–Crippen MR) is 56.9 cm³/mol. The third-order valence-corrected chi connectivity index (χ3v) is 2.71. The summed E-state index contributed by atoms with van der Waals surface area (Å²) in [4.78, 5) is 1.39. The van der Waals surface area contributed by atoms with Gasteiger partial charge in [0.1, 0.15) is 0 Å². The van der Waals surface area contributed by atoms with Crippen molar-refractivity contribution in [3.05, 3.63) is 29.8 Å². The van der Waals surface area contributed by atoms with Gasteiger partial charge in [0.25, 0.3) is 0 Å². The second kappa shape index (κ2) is 3.53. The third kappa shape index (κ3) is 2.04. The highest BCUT2D eigenvalue weighted by Gasteiger charge is 2.16. The van der Waals surface area contributed by atoms with Gasteiger partial charge in [0.15, 0.2) is 0 Å². The molecule has 0 unspecified atom stereocenters. The van der Waals surface area contributed by atoms with Gasteiger partial charge >= 0.3 is 0 Å². The van der Waals surface area contributed by atoms with E-state index in [0.717, 1.165) is 0 Å². The van der Waals surface area contributed by atoms with Gasteiger partial charge in [0.05, 0.1) is 0 Å². The Balaban J connectivity index is 3.14. The number of thioether (sulfide) groups is 1. The molecule has 0 amide bonds. The van der Waals surface area contributed by atoms with Gasteiger partial charge in [-0.15, -0.1) is 11.8 Å². The second-order valence-corrected chi connectivity index (χ2v) is 4.80. The van der Waals surface area contributed by atoms with E-state index in [1.807, 2.05) is 11.8 Å². The Morgan fingerprint density at radius 3 is 2.08 bits per heavy atom. The van der Waals surface area contributed by atoms with Crippen molar-refractivity contribution in [2.75, 3.05) is 6.26 Å². The predicted octanol–water partition coefficient (Wildman–Crippen LogP) is 3.71. The molecule has 1 aromatic carbocycles. The zero-order valence-electron chi connectivity index (χ0n) is 8.22. The van der Waals surface area contributed by atoms with Crippen LogP contribution in [-0.2, 0) is 5.41 Å². The first-order valence-electron chi connectivity index (χ1n) is 4.19. The zero-order valence-corrected chi connectivity index (χ0v) is 9.03. The van der Waals surface area contributed by atoms with Crippen molar-refractivity contribution >= 4 is 11.8 Å². The molecule has 0 nitrogen and oxygen atoms in total. The van der Waals surface area contributed by atoms with E-state index in [0.29, 0.717) is 0 Å². The fraction of sp³-hybridized carbons (Fsp3) is 0.455. The number of hydrogen-bond acceptors (Lipinski definition) is 1. The standard InChI is InChI=1S/C11H16S/c1-11(2,3)9-7-5-6-8-10(9)12-4/h5-8H,1-4H3. The molecule has 0 aliphatic carbocycles. The first-order valence-corrected chi connectivity index (χ1v) is 5.41. The summed E-state index contributed by atoms with van der Waals surface area (Å²) in [6.07, 6.45) is 2.13. The Labute approximate surface area is 79.4 Å². The van der Waals surface area contributed by atoms with Crippen LogP contribution in [0.25, 0.3) is 0 Å². The van der Waals surface area contributed by atoms with E-state index < -0.39 is 0 Å². The number of hydrogen-bond donors (Lipinski definition) is 0. The first kappa shape index (κ1) is 9.66. The second-order valence-electron chi connectivity index (χ2n) is 3.95. The van der Waals surface area contributed by atoms with Crippen LogP contribution in [0.2, 0.25) is 0 Å². The highest BCUT2D eigenvalue weighted by atomic mass is 32.2. The van der Waals surface area contributed by atoms with Crippen LogP contribution in [0.5, 0.6) is 0 Å². The van der Waals surface area contributed by atoms with Crippen molar-refractivity contribution in [2.45, 2.75) is 31.1 Å². The zero-order chi connectivity index (χ0) is 9.19. The Hall–Kier alpha value is -0.430. The first-order chi connectivity index (χ1) is 5.55. The lowest BCUT2D eigenvalue weighted by Gasteiger charge is -2.21. The summed E-state index contributed by atoms with van der Waals surface area (Å²) in [5, 5.41) is 0. The average molecular weight is 180 g/mol. The molecule has 1 rings (SSSR count). The molecule has 0 fully saturated rings. The molecule has 1 heteroatoms. The Bertz CT molecular complexity index is 258. The SMILES string of the molecule is CSc1ccccc1C(C)(C)C. The van der Waals surface area contributed by atoms with Crippen LogP contribution in [0, 0.1) is 0 Å². The number of rotatable bonds is 1. The molecule has 0 aliphatic heterocycles. The van der Waals surface area contributed by atoms with Gasteiger partial charge < -0.3 is 0 Å². The quantitative estimate of drug-likeness (QED) is 0.594. The van der Waals surface area contributed by atoms with Crippen molar-refractivity contribution in [1.29, 1.82) is 0 Å². The highest BCUT2D eigenvalue weighted by molar-refractivity contribution is 7.98. The van der Waals surface area contributed by atoms with Crippen molar-refractivity contribution < 1.29 is 0 Å². The molecular weight excluding hydrogens is 164 g/mol. The van der Waals surface area contributed by atoms with Crippen LogP contribution in [0.3, 0.4) is 0 Å². The molecule has 1 aromatic rings. The molecule has 0 saturated heterocycles. The minimum absolute atomic E-state index is 0.263. The minimum atomic E-state index is 0.263. The largest absolute Gasteiger partial charge is 0.129 e. The van der Waals surface area contributed by atoms with Crippen LogP contribution in [0.4, 0.5) is 0 Å². The monoisotopic (exact) mass is 180 g/mol. The van der Waals surface area contributed by atoms with Crippen molar-refractivity contribution in [3.63, 3.8) is 0 Å². The fourth-order valence-corrected chi connectivity index (χ4v) is 2.07. The number of benzene rings is 1. The van der Waals surface area contributed by atoms with E-state index in [9.17, 15) is 0 Å². The summed E-state index contributed by atoms with van der Waals surface area (Å²) in [6.45, 7) is 6.76. The van der Waals surface area contributed by atoms with E-state index in [4.69, 9.17) is 0 Å². The van der Waals surface area contributed by atoms with E-state index in [-0.39, 0.29) is 5.41 Å². The van der Waals surface area contributed by atoms with Crippen LogP contribution in [-0.4, -0.2) is 6.26 Å². The summed E-state index contributed by atoms with van der Waals surface area (Å²) >= 11 is 1.82. The summed E-state index contributed by atoms with van der Waals surface area (Å²) in [7, 11) is 0. The van der Waals surface area contributed by atoms with Gasteiger partial charge in [-0.2, -0.15) is 0 Å². The highest BCUT2D eigenvalue weighted by Crippen LogP contribution is 2.30. The van der Waals surface area contributed by atoms with E-state index in [1.165, 1.54) is 10.5 Å². The van der Waals surface area contributed by atoms with Gasteiger partial charge in [0.2, 0.25) is 0 Å². The van der Waals surface area contributed by atoms with Crippen molar-refractivity contribution in [3.8, 4) is 0 Å². The molecule has 0 bridgehead atoms. The van der Waals surface area contributed by atoms with Gasteiger partial charge in [-0.25, -0.2) is 0 Å². The summed E-state index contributed by atoms with van der Waals surface area (Å²) in [5.41, 5.74) is 1.71. The molecule has 0 N–H and O–H groups in total. The van der Waals surface area contributed by atoms with Crippen LogP contribution in [0.15, 0.2) is 29.2 Å². The Morgan fingerprint density at radius 2 is 1.67 bits per heavy atom. The fourth-order valence-electron chi connectivity index (χ4n) is 1.26. The van der Waals surface area contributed by atoms with Gasteiger partial charge in [-0.3, -0.25) is 0 Å². The molecule has 0 heterocycles. The Morgan fingerprint density at radius 1 is 1.08 bits per heavy atom. The van der Waals surface area contributed by atoms with Crippen LogP contribution < -0.4 is 0 Å². The normalized spacial score (nSPS) is 11.7. The maximum atomic E-state index is 2.25. The minimum Gasteiger partial charge on any atom is -0.129 e. The maximum absolute atomic E-state index is 2.25. The Kier molecular flexibility index (Phi) is 2.84. The van der Waals surface area contributed by atoms with E-state index >= 15 is 0 Å². The van der Waals surface area contributed by atoms with Crippen LogP contribution in [0.1, 0.15) is 26.3 Å². The summed E-state index contributed by atoms with van der Waals surface area (Å²) in [5.74, 6) is 0. The average Bonchev–Trinajstić information content (AvgIpc) is 2.03. The van der Waals surface area contributed by atoms with Crippen molar-refractivity contribution in [1.82, 2.24) is 0 Å². The molecule has 66 valence electrons. The molecule has 0 radical (unpaired) electrons. The lowest BCUT2D eigenvalue weighted by Crippen LogP contribution is -2.12. The van der Waals surface area contributed by atoms with E-state index in [1.54, 1.807) is 0 Å².